The minimum Gasteiger partial charge on any atom is -0.360 e. The molecule has 4 nitrogen and oxygen atoms in total. The summed E-state index contributed by atoms with van der Waals surface area (Å²) in [5.74, 6) is 0.393. The van der Waals surface area contributed by atoms with Gasteiger partial charge in [0, 0.05) is 11.1 Å². The highest BCUT2D eigenvalue weighted by Gasteiger charge is 2.30. The van der Waals surface area contributed by atoms with Crippen LogP contribution in [0.1, 0.15) is 57.2 Å². The van der Waals surface area contributed by atoms with Gasteiger partial charge in [-0.05, 0) is 32.6 Å². The van der Waals surface area contributed by atoms with Gasteiger partial charge in [0.25, 0.3) is 5.91 Å². The van der Waals surface area contributed by atoms with E-state index in [1.165, 1.54) is 0 Å². The van der Waals surface area contributed by atoms with Crippen LogP contribution >= 0.6 is 0 Å². The number of carbonyl (C=O) groups is 1. The Bertz CT molecular complexity index is 679. The first kappa shape index (κ1) is 17.3. The molecule has 1 N–H and O–H groups in total. The van der Waals surface area contributed by atoms with Crippen LogP contribution in [0.5, 0.6) is 0 Å². The number of nitrogens with zero attached hydrogens (tertiary/aromatic N) is 1. The summed E-state index contributed by atoms with van der Waals surface area (Å²) in [7, 11) is 0. The molecule has 0 fully saturated rings. The minimum atomic E-state index is -0.312. The number of aromatic nitrogens is 1. The van der Waals surface area contributed by atoms with Gasteiger partial charge in [-0.3, -0.25) is 4.79 Å². The second-order valence-corrected chi connectivity index (χ2v) is 7.90. The fraction of sp³-hybridized carbons (Fsp3) is 0.474. The standard InChI is InChI=1S/C19H26N2O2/c1-13-15(16(21-23-13)14-10-8-7-9-11-14)17(22)20-19(5,6)12-18(2,3)4/h7-11H,12H2,1-6H3,(H,20,22). The van der Waals surface area contributed by atoms with E-state index in [1.807, 2.05) is 44.2 Å². The van der Waals surface area contributed by atoms with Gasteiger partial charge in [-0.25, -0.2) is 0 Å². The quantitative estimate of drug-likeness (QED) is 0.897. The average molecular weight is 314 g/mol. The second kappa shape index (κ2) is 6.19. The first-order chi connectivity index (χ1) is 10.6. The Morgan fingerprint density at radius 3 is 2.30 bits per heavy atom. The largest absolute Gasteiger partial charge is 0.360 e. The number of amides is 1. The van der Waals surface area contributed by atoms with Crippen LogP contribution in [-0.2, 0) is 0 Å². The van der Waals surface area contributed by atoms with Crippen LogP contribution in [0.15, 0.2) is 34.9 Å². The highest BCUT2D eigenvalue weighted by molar-refractivity contribution is 6.01. The van der Waals surface area contributed by atoms with E-state index >= 15 is 0 Å². The van der Waals surface area contributed by atoms with Gasteiger partial charge in [0.1, 0.15) is 17.0 Å². The van der Waals surface area contributed by atoms with E-state index in [0.29, 0.717) is 17.0 Å². The molecule has 4 heteroatoms. The van der Waals surface area contributed by atoms with E-state index in [4.69, 9.17) is 4.52 Å². The zero-order valence-electron chi connectivity index (χ0n) is 14.9. The predicted octanol–water partition coefficient (Wildman–Crippen LogP) is 4.59. The second-order valence-electron chi connectivity index (χ2n) is 7.90. The number of hydrogen-bond donors (Lipinski definition) is 1. The lowest BCUT2D eigenvalue weighted by molar-refractivity contribution is 0.0890. The van der Waals surface area contributed by atoms with Gasteiger partial charge in [-0.2, -0.15) is 0 Å². The molecule has 0 aliphatic rings. The van der Waals surface area contributed by atoms with Crippen LogP contribution in [0.25, 0.3) is 11.3 Å². The molecule has 0 aliphatic carbocycles. The molecule has 23 heavy (non-hydrogen) atoms. The number of aryl methyl sites for hydroxylation is 1. The summed E-state index contributed by atoms with van der Waals surface area (Å²) in [5, 5.41) is 7.20. The first-order valence-electron chi connectivity index (χ1n) is 7.93. The molecule has 124 valence electrons. The number of benzene rings is 1. The van der Waals surface area contributed by atoms with Crippen molar-refractivity contribution in [3.63, 3.8) is 0 Å². The fourth-order valence-corrected chi connectivity index (χ4v) is 3.17. The Morgan fingerprint density at radius 1 is 1.13 bits per heavy atom. The molecule has 0 atom stereocenters. The summed E-state index contributed by atoms with van der Waals surface area (Å²) in [5.41, 5.74) is 1.80. The van der Waals surface area contributed by atoms with Crippen LogP contribution in [0.3, 0.4) is 0 Å². The van der Waals surface area contributed by atoms with Gasteiger partial charge < -0.3 is 9.84 Å². The molecule has 0 unspecified atom stereocenters. The van der Waals surface area contributed by atoms with E-state index in [1.54, 1.807) is 6.92 Å². The summed E-state index contributed by atoms with van der Waals surface area (Å²) >= 11 is 0. The van der Waals surface area contributed by atoms with Crippen molar-refractivity contribution in [2.24, 2.45) is 5.41 Å². The van der Waals surface area contributed by atoms with Crippen molar-refractivity contribution in [1.29, 1.82) is 0 Å². The van der Waals surface area contributed by atoms with Crippen LogP contribution in [-0.4, -0.2) is 16.6 Å². The molecule has 0 saturated carbocycles. The predicted molar refractivity (Wildman–Crippen MR) is 92.3 cm³/mol. The Kier molecular flexibility index (Phi) is 4.64. The molecule has 0 spiro atoms. The number of hydrogen-bond acceptors (Lipinski definition) is 3. The lowest BCUT2D eigenvalue weighted by Gasteiger charge is -2.33. The van der Waals surface area contributed by atoms with E-state index < -0.39 is 0 Å². The van der Waals surface area contributed by atoms with Gasteiger partial charge in [-0.1, -0.05) is 56.3 Å². The van der Waals surface area contributed by atoms with Crippen molar-refractivity contribution in [1.82, 2.24) is 10.5 Å². The maximum absolute atomic E-state index is 12.8. The highest BCUT2D eigenvalue weighted by Crippen LogP contribution is 2.29. The SMILES string of the molecule is Cc1onc(-c2ccccc2)c1C(=O)NC(C)(C)CC(C)(C)C. The van der Waals surface area contributed by atoms with E-state index in [-0.39, 0.29) is 16.9 Å². The number of rotatable bonds is 4. The number of carbonyl (C=O) groups excluding carboxylic acids is 1. The Labute approximate surface area is 138 Å². The van der Waals surface area contributed by atoms with Crippen molar-refractivity contribution in [2.45, 2.75) is 53.5 Å². The molecule has 0 radical (unpaired) electrons. The molecule has 1 aromatic heterocycles. The lowest BCUT2D eigenvalue weighted by Crippen LogP contribution is -2.46. The molecular weight excluding hydrogens is 288 g/mol. The first-order valence-corrected chi connectivity index (χ1v) is 7.93. The fourth-order valence-electron chi connectivity index (χ4n) is 3.17. The van der Waals surface area contributed by atoms with Crippen LogP contribution < -0.4 is 5.32 Å². The van der Waals surface area contributed by atoms with E-state index in [0.717, 1.165) is 12.0 Å². The lowest BCUT2D eigenvalue weighted by atomic mass is 9.81. The topological polar surface area (TPSA) is 55.1 Å². The van der Waals surface area contributed by atoms with Gasteiger partial charge in [0.15, 0.2) is 0 Å². The normalized spacial score (nSPS) is 12.3. The summed E-state index contributed by atoms with van der Waals surface area (Å²) < 4.78 is 5.28. The molecule has 1 amide bonds. The smallest absolute Gasteiger partial charge is 0.257 e. The molecule has 1 heterocycles. The Balaban J connectivity index is 2.29. The van der Waals surface area contributed by atoms with Crippen LogP contribution in [0.4, 0.5) is 0 Å². The summed E-state index contributed by atoms with van der Waals surface area (Å²) in [6.07, 6.45) is 0.872. The monoisotopic (exact) mass is 314 g/mol. The zero-order chi connectivity index (χ0) is 17.3. The molecule has 2 aromatic rings. The van der Waals surface area contributed by atoms with Crippen LogP contribution in [0.2, 0.25) is 0 Å². The Hall–Kier alpha value is -2.10. The summed E-state index contributed by atoms with van der Waals surface area (Å²) in [6.45, 7) is 12.4. The molecule has 2 rings (SSSR count). The average Bonchev–Trinajstić information content (AvgIpc) is 2.78. The number of nitrogens with one attached hydrogen (secondary N) is 1. The van der Waals surface area contributed by atoms with Crippen molar-refractivity contribution in [2.75, 3.05) is 0 Å². The molecule has 0 saturated heterocycles. The third kappa shape index (κ3) is 4.44. The molecule has 0 bridgehead atoms. The third-order valence-electron chi connectivity index (χ3n) is 3.56. The van der Waals surface area contributed by atoms with Crippen molar-refractivity contribution in [3.05, 3.63) is 41.7 Å². The molecule has 0 aliphatic heterocycles. The van der Waals surface area contributed by atoms with Crippen LogP contribution in [0, 0.1) is 12.3 Å². The minimum absolute atomic E-state index is 0.128. The van der Waals surface area contributed by atoms with E-state index in [9.17, 15) is 4.79 Å². The van der Waals surface area contributed by atoms with Gasteiger partial charge in [0.2, 0.25) is 0 Å². The zero-order valence-corrected chi connectivity index (χ0v) is 14.9. The van der Waals surface area contributed by atoms with E-state index in [2.05, 4.69) is 31.2 Å². The van der Waals surface area contributed by atoms with Crippen molar-refractivity contribution >= 4 is 5.91 Å². The Morgan fingerprint density at radius 2 is 1.74 bits per heavy atom. The highest BCUT2D eigenvalue weighted by atomic mass is 16.5. The summed E-state index contributed by atoms with van der Waals surface area (Å²) in [4.78, 5) is 12.8. The van der Waals surface area contributed by atoms with Crippen molar-refractivity contribution in [3.8, 4) is 11.3 Å². The molecule has 1 aromatic carbocycles. The third-order valence-corrected chi connectivity index (χ3v) is 3.56. The maximum atomic E-state index is 12.8. The summed E-state index contributed by atoms with van der Waals surface area (Å²) in [6, 6.07) is 9.63. The molecular formula is C19H26N2O2. The van der Waals surface area contributed by atoms with Gasteiger partial charge in [0.05, 0.1) is 0 Å². The van der Waals surface area contributed by atoms with Gasteiger partial charge >= 0.3 is 0 Å². The maximum Gasteiger partial charge on any atom is 0.257 e. The van der Waals surface area contributed by atoms with Gasteiger partial charge in [-0.15, -0.1) is 0 Å². The van der Waals surface area contributed by atoms with Crippen molar-refractivity contribution < 1.29 is 9.32 Å².